The molecule has 0 aliphatic carbocycles. The smallest absolute Gasteiger partial charge is 0.304 e. The second kappa shape index (κ2) is 17.4. The Morgan fingerprint density at radius 1 is 0.953 bits per heavy atom. The number of rotatable bonds is 19. The van der Waals surface area contributed by atoms with E-state index in [4.69, 9.17) is 0 Å². The van der Waals surface area contributed by atoms with E-state index in [1.54, 1.807) is 13.1 Å². The van der Waals surface area contributed by atoms with Crippen molar-refractivity contribution < 1.29 is 37.0 Å². The highest BCUT2D eigenvalue weighted by Crippen LogP contribution is 2.23. The normalized spacial score (nSPS) is 14.0. The lowest BCUT2D eigenvalue weighted by Crippen LogP contribution is -2.49. The van der Waals surface area contributed by atoms with E-state index in [0.29, 0.717) is 31.2 Å². The summed E-state index contributed by atoms with van der Waals surface area (Å²) in [6.07, 6.45) is 0.978. The molecule has 8 nitrogen and oxygen atoms in total. The molecule has 11 heteroatoms. The largest absolute Gasteiger partial charge is 0.481 e. The molecule has 3 N–H and O–H groups in total. The number of likely N-dealkylation sites (N-methyl/N-ethyl adjacent to an activating group) is 1. The Balaban J connectivity index is 2.44. The Kier molecular flexibility index (Phi) is 14.7. The highest BCUT2D eigenvalue weighted by molar-refractivity contribution is 7.92. The highest BCUT2D eigenvalue weighted by atomic mass is 32.2. The summed E-state index contributed by atoms with van der Waals surface area (Å²) in [6, 6.07) is 9.83. The number of nitrogens with zero attached hydrogens (tertiary/aromatic N) is 1. The van der Waals surface area contributed by atoms with Gasteiger partial charge >= 0.3 is 5.97 Å². The molecule has 0 heterocycles. The molecule has 3 atom stereocenters. The van der Waals surface area contributed by atoms with Crippen molar-refractivity contribution in [3.8, 4) is 0 Å². The van der Waals surface area contributed by atoms with Gasteiger partial charge in [0.25, 0.3) is 0 Å². The molecular formula is C32H46F2N2O6S. The molecule has 1 unspecified atom stereocenters. The zero-order valence-electron chi connectivity index (χ0n) is 25.6. The maximum absolute atomic E-state index is 14.0. The number of carboxylic acids is 1. The van der Waals surface area contributed by atoms with Crippen LogP contribution in [-0.4, -0.2) is 72.1 Å². The fourth-order valence-corrected chi connectivity index (χ4v) is 7.70. The maximum atomic E-state index is 14.0. The number of amides is 1. The second-order valence-corrected chi connectivity index (χ2v) is 13.5. The van der Waals surface area contributed by atoms with Crippen LogP contribution < -0.4 is 5.32 Å². The fraction of sp³-hybridized carbons (Fsp3) is 0.562. The molecule has 2 aromatic rings. The van der Waals surface area contributed by atoms with Crippen molar-refractivity contribution in [2.24, 2.45) is 5.92 Å². The Hall–Kier alpha value is -2.89. The average molecular weight is 625 g/mol. The molecule has 0 radical (unpaired) electrons. The van der Waals surface area contributed by atoms with E-state index in [0.717, 1.165) is 35.7 Å². The monoisotopic (exact) mass is 624 g/mol. The first-order valence-electron chi connectivity index (χ1n) is 14.9. The van der Waals surface area contributed by atoms with Gasteiger partial charge in [0.15, 0.2) is 9.84 Å². The third-order valence-corrected chi connectivity index (χ3v) is 9.99. The van der Waals surface area contributed by atoms with Crippen molar-refractivity contribution in [1.82, 2.24) is 10.2 Å². The number of benzene rings is 2. The zero-order chi connectivity index (χ0) is 32.2. The Bertz CT molecular complexity index is 1280. The van der Waals surface area contributed by atoms with E-state index in [-0.39, 0.29) is 19.5 Å². The minimum atomic E-state index is -3.81. The van der Waals surface area contributed by atoms with E-state index in [9.17, 15) is 37.0 Å². The number of hydrogen-bond donors (Lipinski definition) is 3. The number of aliphatic hydroxyl groups excluding tert-OH is 1. The zero-order valence-corrected chi connectivity index (χ0v) is 26.4. The third-order valence-electron chi connectivity index (χ3n) is 7.64. The highest BCUT2D eigenvalue weighted by Gasteiger charge is 2.36. The van der Waals surface area contributed by atoms with Gasteiger partial charge in [0.2, 0.25) is 5.91 Å². The van der Waals surface area contributed by atoms with Crippen LogP contribution in [0.25, 0.3) is 0 Å². The van der Waals surface area contributed by atoms with Crippen molar-refractivity contribution in [3.63, 3.8) is 0 Å². The van der Waals surface area contributed by atoms with Gasteiger partial charge in [-0.3, -0.25) is 9.59 Å². The van der Waals surface area contributed by atoms with Gasteiger partial charge in [0.05, 0.1) is 29.4 Å². The van der Waals surface area contributed by atoms with E-state index in [1.165, 1.54) is 4.90 Å². The van der Waals surface area contributed by atoms with E-state index >= 15 is 0 Å². The first-order chi connectivity index (χ1) is 20.3. The summed E-state index contributed by atoms with van der Waals surface area (Å²) >= 11 is 0. The van der Waals surface area contributed by atoms with E-state index < -0.39 is 68.8 Å². The lowest BCUT2D eigenvalue weighted by atomic mass is 9.99. The SMILES string of the molecule is CCCC(CCC)S(=O)(=O)CC(CC(=O)O)C(=O)N(Cc1cccc(CC)c1)C[C@@H](O)[C@H](Cc1cc(F)cc(F)c1)NC. The molecule has 2 rings (SSSR count). The summed E-state index contributed by atoms with van der Waals surface area (Å²) in [5.41, 5.74) is 2.05. The number of aryl methyl sites for hydroxylation is 1. The van der Waals surface area contributed by atoms with Gasteiger partial charge in [-0.25, -0.2) is 17.2 Å². The van der Waals surface area contributed by atoms with Crippen LogP contribution in [0.4, 0.5) is 8.78 Å². The van der Waals surface area contributed by atoms with Crippen LogP contribution in [0, 0.1) is 17.6 Å². The molecule has 240 valence electrons. The predicted molar refractivity (Wildman–Crippen MR) is 163 cm³/mol. The molecule has 0 saturated carbocycles. The summed E-state index contributed by atoms with van der Waals surface area (Å²) in [4.78, 5) is 27.1. The lowest BCUT2D eigenvalue weighted by molar-refractivity contribution is -0.145. The van der Waals surface area contributed by atoms with Crippen molar-refractivity contribution >= 4 is 21.7 Å². The first-order valence-corrected chi connectivity index (χ1v) is 16.6. The van der Waals surface area contributed by atoms with Crippen LogP contribution in [0.3, 0.4) is 0 Å². The first kappa shape index (κ1) is 36.3. The number of carbonyl (C=O) groups is 2. The number of sulfone groups is 1. The van der Waals surface area contributed by atoms with E-state index in [2.05, 4.69) is 5.32 Å². The molecule has 0 aromatic heterocycles. The van der Waals surface area contributed by atoms with Crippen LogP contribution in [0.15, 0.2) is 42.5 Å². The molecule has 0 aliphatic rings. The Labute approximate surface area is 254 Å². The van der Waals surface area contributed by atoms with Crippen LogP contribution in [0.5, 0.6) is 0 Å². The fourth-order valence-electron chi connectivity index (χ4n) is 5.42. The van der Waals surface area contributed by atoms with E-state index in [1.807, 2.05) is 39.0 Å². The van der Waals surface area contributed by atoms with Crippen LogP contribution in [0.2, 0.25) is 0 Å². The molecule has 2 aromatic carbocycles. The molecule has 0 saturated heterocycles. The number of carboxylic acid groups (broad SMARTS) is 1. The lowest BCUT2D eigenvalue weighted by Gasteiger charge is -2.32. The number of aliphatic hydroxyl groups is 1. The Morgan fingerprint density at radius 2 is 1.56 bits per heavy atom. The van der Waals surface area contributed by atoms with Gasteiger partial charge in [-0.15, -0.1) is 0 Å². The minimum Gasteiger partial charge on any atom is -0.481 e. The predicted octanol–water partition coefficient (Wildman–Crippen LogP) is 4.52. The van der Waals surface area contributed by atoms with Crippen molar-refractivity contribution in [1.29, 1.82) is 0 Å². The molecule has 0 bridgehead atoms. The standard InChI is InChI=1S/C32H46F2N2O6S/c1-5-9-28(10-6-2)43(41,42)21-25(17-31(38)39)32(40)36(19-23-12-8-11-22(7-3)13-23)20-30(37)29(35-4)16-24-14-26(33)18-27(34)15-24/h8,11-15,18,25,28-30,35,37H,5-7,9-10,16-17,19-21H2,1-4H3,(H,38,39)/t25?,29-,30+/m0/s1. The van der Waals surface area contributed by atoms with Gasteiger partial charge < -0.3 is 20.4 Å². The summed E-state index contributed by atoms with van der Waals surface area (Å²) < 4.78 is 54.5. The van der Waals surface area contributed by atoms with Crippen molar-refractivity contribution in [2.75, 3.05) is 19.3 Å². The second-order valence-electron chi connectivity index (χ2n) is 11.2. The van der Waals surface area contributed by atoms with Gasteiger partial charge in [0, 0.05) is 25.2 Å². The minimum absolute atomic E-state index is 0.0122. The molecule has 0 fully saturated rings. The van der Waals surface area contributed by atoms with Crippen molar-refractivity contribution in [3.05, 3.63) is 70.8 Å². The summed E-state index contributed by atoms with van der Waals surface area (Å²) in [5.74, 6) is -5.47. The van der Waals surface area contributed by atoms with Gasteiger partial charge in [-0.05, 0) is 61.6 Å². The van der Waals surface area contributed by atoms with Gasteiger partial charge in [-0.2, -0.15) is 0 Å². The van der Waals surface area contributed by atoms with Crippen LogP contribution in [0.1, 0.15) is 69.6 Å². The van der Waals surface area contributed by atoms with Gasteiger partial charge in [-0.1, -0.05) is 57.9 Å². The number of nitrogens with one attached hydrogen (secondary N) is 1. The third kappa shape index (κ3) is 11.6. The number of hydrogen-bond acceptors (Lipinski definition) is 6. The number of aliphatic carboxylic acids is 1. The Morgan fingerprint density at radius 3 is 2.09 bits per heavy atom. The van der Waals surface area contributed by atoms with Crippen LogP contribution >= 0.6 is 0 Å². The molecular weight excluding hydrogens is 578 g/mol. The summed E-state index contributed by atoms with van der Waals surface area (Å²) in [5, 5.41) is 23.2. The molecule has 0 aliphatic heterocycles. The average Bonchev–Trinajstić information content (AvgIpc) is 2.93. The van der Waals surface area contributed by atoms with Crippen LogP contribution in [-0.2, 0) is 38.8 Å². The molecule has 43 heavy (non-hydrogen) atoms. The van der Waals surface area contributed by atoms with Crippen molar-refractivity contribution in [2.45, 2.75) is 89.7 Å². The maximum Gasteiger partial charge on any atom is 0.304 e. The quantitative estimate of drug-likeness (QED) is 0.210. The number of halogens is 2. The summed E-state index contributed by atoms with van der Waals surface area (Å²) in [6.45, 7) is 5.49. The topological polar surface area (TPSA) is 124 Å². The molecule has 1 amide bonds. The molecule has 0 spiro atoms. The summed E-state index contributed by atoms with van der Waals surface area (Å²) in [7, 11) is -2.24. The number of carbonyl (C=O) groups excluding carboxylic acids is 1. The van der Waals surface area contributed by atoms with Gasteiger partial charge in [0.1, 0.15) is 11.6 Å².